The number of nitrogens with one attached hydrogen (secondary N) is 3. The molecule has 0 bridgehead atoms. The highest BCUT2D eigenvalue weighted by Crippen LogP contribution is 2.36. The van der Waals surface area contributed by atoms with Crippen LogP contribution in [0.5, 0.6) is 0 Å². The highest BCUT2D eigenvalue weighted by Gasteiger charge is 2.34. The Labute approximate surface area is 213 Å². The highest BCUT2D eigenvalue weighted by molar-refractivity contribution is 7.80. The number of fused-ring (bicyclic) bond motifs is 1. The van der Waals surface area contributed by atoms with Gasteiger partial charge in [-0.15, -0.1) is 0 Å². The molecule has 1 saturated carbocycles. The van der Waals surface area contributed by atoms with E-state index in [1.165, 1.54) is 12.1 Å². The Morgan fingerprint density at radius 1 is 1.03 bits per heavy atom. The molecule has 1 aromatic heterocycles. The van der Waals surface area contributed by atoms with Crippen LogP contribution in [0.25, 0.3) is 10.9 Å². The Morgan fingerprint density at radius 3 is 2.40 bits per heavy atom. The van der Waals surface area contributed by atoms with Gasteiger partial charge in [0.05, 0.1) is 16.8 Å². The summed E-state index contributed by atoms with van der Waals surface area (Å²) in [6, 6.07) is 14.1. The molecule has 1 heterocycles. The molecule has 0 saturated heterocycles. The number of para-hydroxylation sites is 1. The molecule has 1 fully saturated rings. The number of pyridine rings is 1. The van der Waals surface area contributed by atoms with Crippen molar-refractivity contribution in [1.82, 2.24) is 10.3 Å². The van der Waals surface area contributed by atoms with E-state index in [1.807, 2.05) is 32.3 Å². The molecular weight excluding hydrogens is 495 g/mol. The lowest BCUT2D eigenvalue weighted by Crippen LogP contribution is -2.42. The van der Waals surface area contributed by atoms with Gasteiger partial charge < -0.3 is 20.9 Å². The summed E-state index contributed by atoms with van der Waals surface area (Å²) >= 11 is 11.0. The van der Waals surface area contributed by atoms with Gasteiger partial charge in [-0.05, 0) is 62.2 Å². The van der Waals surface area contributed by atoms with E-state index in [0.717, 1.165) is 54.2 Å². The van der Waals surface area contributed by atoms with Crippen LogP contribution >= 0.6 is 23.8 Å². The molecule has 0 amide bonds. The second-order valence-corrected chi connectivity index (χ2v) is 9.76. The number of rotatable bonds is 5. The van der Waals surface area contributed by atoms with Crippen molar-refractivity contribution in [2.45, 2.75) is 43.9 Å². The minimum atomic E-state index is -4.53. The van der Waals surface area contributed by atoms with Gasteiger partial charge in [0.25, 0.3) is 0 Å². The minimum Gasteiger partial charge on any atom is -0.377 e. The molecule has 186 valence electrons. The summed E-state index contributed by atoms with van der Waals surface area (Å²) in [4.78, 5) is 6.85. The first-order valence-corrected chi connectivity index (χ1v) is 12.2. The number of halogens is 4. The van der Waals surface area contributed by atoms with E-state index in [4.69, 9.17) is 28.8 Å². The van der Waals surface area contributed by atoms with E-state index in [2.05, 4.69) is 33.0 Å². The Hall–Kier alpha value is -2.78. The van der Waals surface area contributed by atoms with Gasteiger partial charge >= 0.3 is 6.18 Å². The number of hydrogen-bond donors (Lipinski definition) is 3. The number of nitrogens with zero attached hydrogens (tertiary/aromatic N) is 2. The van der Waals surface area contributed by atoms with Crippen molar-refractivity contribution in [3.8, 4) is 0 Å². The van der Waals surface area contributed by atoms with Gasteiger partial charge in [0.2, 0.25) is 0 Å². The SMILES string of the molecule is CN(C)c1cc(N[C@H]2CC[C@@H](NC(=S)Nc3ccc(Cl)cc3C(F)(F)F)CC2)nc2ccccc12. The van der Waals surface area contributed by atoms with E-state index in [1.54, 1.807) is 0 Å². The van der Waals surface area contributed by atoms with Crippen LogP contribution in [-0.2, 0) is 6.18 Å². The van der Waals surface area contributed by atoms with Crippen molar-refractivity contribution in [3.05, 3.63) is 59.1 Å². The Bertz CT molecular complexity index is 1210. The van der Waals surface area contributed by atoms with Crippen molar-refractivity contribution in [2.75, 3.05) is 29.6 Å². The molecule has 0 radical (unpaired) electrons. The molecule has 3 N–H and O–H groups in total. The van der Waals surface area contributed by atoms with Crippen LogP contribution in [0, 0.1) is 0 Å². The summed E-state index contributed by atoms with van der Waals surface area (Å²) in [6.45, 7) is 0. The first kappa shape index (κ1) is 25.3. The molecule has 4 rings (SSSR count). The number of anilines is 3. The number of alkyl halides is 3. The number of hydrogen-bond acceptors (Lipinski definition) is 4. The van der Waals surface area contributed by atoms with E-state index < -0.39 is 11.7 Å². The maximum absolute atomic E-state index is 13.3. The van der Waals surface area contributed by atoms with Crippen LogP contribution in [0.2, 0.25) is 5.02 Å². The van der Waals surface area contributed by atoms with Crippen LogP contribution in [0.1, 0.15) is 31.2 Å². The summed E-state index contributed by atoms with van der Waals surface area (Å²) in [5, 5.41) is 10.7. The maximum atomic E-state index is 13.3. The summed E-state index contributed by atoms with van der Waals surface area (Å²) in [7, 11) is 4.03. The third kappa shape index (κ3) is 6.27. The Morgan fingerprint density at radius 2 is 1.71 bits per heavy atom. The van der Waals surface area contributed by atoms with Crippen molar-refractivity contribution in [3.63, 3.8) is 0 Å². The number of thiocarbonyl (C=S) groups is 1. The highest BCUT2D eigenvalue weighted by atomic mass is 35.5. The van der Waals surface area contributed by atoms with Crippen molar-refractivity contribution < 1.29 is 13.2 Å². The van der Waals surface area contributed by atoms with E-state index >= 15 is 0 Å². The molecule has 3 aromatic rings. The second-order valence-electron chi connectivity index (χ2n) is 8.92. The van der Waals surface area contributed by atoms with Crippen molar-refractivity contribution >= 4 is 57.0 Å². The first-order valence-electron chi connectivity index (χ1n) is 11.4. The lowest BCUT2D eigenvalue weighted by Gasteiger charge is -2.31. The molecule has 1 aliphatic carbocycles. The van der Waals surface area contributed by atoms with Crippen LogP contribution in [0.15, 0.2) is 48.5 Å². The molecule has 0 spiro atoms. The zero-order valence-electron chi connectivity index (χ0n) is 19.4. The molecule has 1 aliphatic rings. The fraction of sp³-hybridized carbons (Fsp3) is 0.360. The molecule has 2 aromatic carbocycles. The molecule has 0 aliphatic heterocycles. The zero-order valence-corrected chi connectivity index (χ0v) is 21.0. The Balaban J connectivity index is 1.34. The molecular formula is C25H27ClF3N5S. The van der Waals surface area contributed by atoms with Crippen molar-refractivity contribution in [2.24, 2.45) is 0 Å². The fourth-order valence-electron chi connectivity index (χ4n) is 4.40. The predicted molar refractivity (Wildman–Crippen MR) is 142 cm³/mol. The quantitative estimate of drug-likeness (QED) is 0.325. The van der Waals surface area contributed by atoms with Gasteiger partial charge in [-0.25, -0.2) is 4.98 Å². The third-order valence-corrected chi connectivity index (χ3v) is 6.58. The normalized spacial score (nSPS) is 18.2. The van der Waals surface area contributed by atoms with Gasteiger partial charge in [0.1, 0.15) is 5.82 Å². The molecule has 0 atom stereocenters. The van der Waals surface area contributed by atoms with Crippen molar-refractivity contribution in [1.29, 1.82) is 0 Å². The first-order chi connectivity index (χ1) is 16.6. The average molecular weight is 522 g/mol. The lowest BCUT2D eigenvalue weighted by molar-refractivity contribution is -0.136. The number of aromatic nitrogens is 1. The average Bonchev–Trinajstić information content (AvgIpc) is 2.80. The van der Waals surface area contributed by atoms with E-state index in [9.17, 15) is 13.2 Å². The molecule has 35 heavy (non-hydrogen) atoms. The van der Waals surface area contributed by atoms with Crippen LogP contribution in [-0.4, -0.2) is 36.3 Å². The smallest absolute Gasteiger partial charge is 0.377 e. The van der Waals surface area contributed by atoms with Gasteiger partial charge in [-0.2, -0.15) is 13.2 Å². The van der Waals surface area contributed by atoms with Gasteiger partial charge in [0, 0.05) is 48.3 Å². The monoisotopic (exact) mass is 521 g/mol. The standard InChI is InChI=1S/C25H27ClF3N5S/c1-34(2)22-14-23(32-20-6-4-3-5-18(20)22)30-16-8-10-17(11-9-16)31-24(35)33-21-12-7-15(26)13-19(21)25(27,28)29/h3-7,12-14,16-17H,8-11H2,1-2H3,(H,30,32)(H2,31,33,35)/t16-,17+. The van der Waals surface area contributed by atoms with Crippen LogP contribution in [0.3, 0.4) is 0 Å². The van der Waals surface area contributed by atoms with Gasteiger partial charge in [-0.3, -0.25) is 0 Å². The summed E-state index contributed by atoms with van der Waals surface area (Å²) in [6.07, 6.45) is -1.09. The maximum Gasteiger partial charge on any atom is 0.418 e. The minimum absolute atomic E-state index is 0.0196. The van der Waals surface area contributed by atoms with Gasteiger partial charge in [0.15, 0.2) is 5.11 Å². The Kier molecular flexibility index (Phi) is 7.56. The summed E-state index contributed by atoms with van der Waals surface area (Å²) < 4.78 is 40.0. The summed E-state index contributed by atoms with van der Waals surface area (Å²) in [5.74, 6) is 0.836. The van der Waals surface area contributed by atoms with E-state index in [0.29, 0.717) is 0 Å². The topological polar surface area (TPSA) is 52.2 Å². The molecule has 10 heteroatoms. The largest absolute Gasteiger partial charge is 0.418 e. The molecule has 0 unspecified atom stereocenters. The van der Waals surface area contributed by atoms with Gasteiger partial charge in [-0.1, -0.05) is 29.8 Å². The summed E-state index contributed by atoms with van der Waals surface area (Å²) in [5.41, 5.74) is 1.08. The second kappa shape index (κ2) is 10.5. The van der Waals surface area contributed by atoms with E-state index in [-0.39, 0.29) is 27.9 Å². The fourth-order valence-corrected chi connectivity index (χ4v) is 4.84. The molecule has 5 nitrogen and oxygen atoms in total. The van der Waals surface area contributed by atoms with Crippen LogP contribution < -0.4 is 20.9 Å². The third-order valence-electron chi connectivity index (χ3n) is 6.13. The number of benzene rings is 2. The van der Waals surface area contributed by atoms with Crippen LogP contribution in [0.4, 0.5) is 30.4 Å². The zero-order chi connectivity index (χ0) is 25.2. The predicted octanol–water partition coefficient (Wildman–Crippen LogP) is 6.68. The lowest BCUT2D eigenvalue weighted by atomic mass is 9.91.